The van der Waals surface area contributed by atoms with Gasteiger partial charge in [0.25, 0.3) is 6.57 Å². The lowest BCUT2D eigenvalue weighted by molar-refractivity contribution is 0.314. The zero-order valence-corrected chi connectivity index (χ0v) is 16.0. The van der Waals surface area contributed by atoms with Crippen LogP contribution in [0.2, 0.25) is 0 Å². The number of hydrogen-bond acceptors (Lipinski definition) is 7. The fourth-order valence-electron chi connectivity index (χ4n) is 0.784. The van der Waals surface area contributed by atoms with Crippen molar-refractivity contribution in [2.24, 2.45) is 0 Å². The van der Waals surface area contributed by atoms with Crippen LogP contribution in [0.5, 0.6) is 0 Å². The van der Waals surface area contributed by atoms with Gasteiger partial charge in [-0.15, -0.1) is 0 Å². The van der Waals surface area contributed by atoms with Crippen molar-refractivity contribution in [1.82, 2.24) is 0 Å². The van der Waals surface area contributed by atoms with E-state index in [4.69, 9.17) is 4.52 Å². The van der Waals surface area contributed by atoms with Crippen molar-refractivity contribution < 1.29 is 26.2 Å². The first-order valence-electron chi connectivity index (χ1n) is 6.05. The van der Waals surface area contributed by atoms with Crippen LogP contribution in [-0.4, -0.2) is 56.9 Å². The first kappa shape index (κ1) is 23.0. The molecule has 2 unspecified atom stereocenters. The van der Waals surface area contributed by atoms with Crippen LogP contribution in [0.1, 0.15) is 20.3 Å². The maximum atomic E-state index is 11.8. The molecule has 0 aliphatic carbocycles. The summed E-state index contributed by atoms with van der Waals surface area (Å²) < 4.78 is 48.1. The molecule has 0 saturated heterocycles. The van der Waals surface area contributed by atoms with Gasteiger partial charge in [0.15, 0.2) is 0 Å². The summed E-state index contributed by atoms with van der Waals surface area (Å²) in [5.74, 6) is 3.35. The average molecular weight is 368 g/mol. The molecule has 0 fully saturated rings. The molecule has 0 aromatic heterocycles. The van der Waals surface area contributed by atoms with Crippen LogP contribution < -0.4 is 0 Å². The van der Waals surface area contributed by atoms with Crippen molar-refractivity contribution >= 4 is 39.2 Å². The van der Waals surface area contributed by atoms with E-state index in [-0.39, 0.29) is 0 Å². The van der Waals surface area contributed by atoms with Crippen molar-refractivity contribution in [1.29, 1.82) is 0 Å². The Balaban J connectivity index is 0. The van der Waals surface area contributed by atoms with Gasteiger partial charge in [-0.25, -0.2) is 8.42 Å². The molecule has 0 aromatic carbocycles. The molecule has 0 heterocycles. The van der Waals surface area contributed by atoms with Gasteiger partial charge in [0.2, 0.25) is 10.4 Å². The SMILES string of the molecule is CCCOP(C)(=O)SCC[S+](C)CC.COS(=O)(=O)[O-]. The van der Waals surface area contributed by atoms with E-state index in [1.165, 1.54) is 17.1 Å². The van der Waals surface area contributed by atoms with Crippen molar-refractivity contribution in [3.05, 3.63) is 0 Å². The van der Waals surface area contributed by atoms with Crippen molar-refractivity contribution in [3.63, 3.8) is 0 Å². The summed E-state index contributed by atoms with van der Waals surface area (Å²) in [6, 6.07) is 0. The third-order valence-corrected chi connectivity index (χ3v) is 8.32. The van der Waals surface area contributed by atoms with Crippen LogP contribution >= 0.6 is 18.0 Å². The molecule has 2 atom stereocenters. The standard InChI is InChI=1S/C9H22O2PS2.CH4O4S/c1-5-7-11-12(3,10)13-8-9-14(4)6-2;1-5-6(2,3)4/h5-9H2,1-4H3;1H3,(H,2,3,4)/q+1;/p-1. The van der Waals surface area contributed by atoms with Gasteiger partial charge in [-0.2, -0.15) is 0 Å². The number of hydrogen-bond donors (Lipinski definition) is 0. The largest absolute Gasteiger partial charge is 0.726 e. The van der Waals surface area contributed by atoms with Crippen LogP contribution in [0.4, 0.5) is 0 Å². The molecule has 124 valence electrons. The monoisotopic (exact) mass is 368 g/mol. The summed E-state index contributed by atoms with van der Waals surface area (Å²) in [5, 5.41) is 0. The topological polar surface area (TPSA) is 92.7 Å². The van der Waals surface area contributed by atoms with E-state index >= 15 is 0 Å². The van der Waals surface area contributed by atoms with E-state index in [0.717, 1.165) is 25.0 Å². The molecule has 0 amide bonds. The van der Waals surface area contributed by atoms with Gasteiger partial charge < -0.3 is 9.08 Å². The highest BCUT2D eigenvalue weighted by atomic mass is 32.7. The minimum atomic E-state index is -4.41. The molecule has 0 N–H and O–H groups in total. The average Bonchev–Trinajstić information content (AvgIpc) is 2.36. The zero-order chi connectivity index (χ0) is 16.2. The van der Waals surface area contributed by atoms with Gasteiger partial charge >= 0.3 is 0 Å². The van der Waals surface area contributed by atoms with Crippen LogP contribution in [0.15, 0.2) is 0 Å². The Morgan fingerprint density at radius 3 is 2.20 bits per heavy atom. The summed E-state index contributed by atoms with van der Waals surface area (Å²) in [6.07, 6.45) is 3.19. The molecule has 0 spiro atoms. The van der Waals surface area contributed by atoms with E-state index < -0.39 is 17.0 Å². The first-order chi connectivity index (χ1) is 9.08. The van der Waals surface area contributed by atoms with Crippen LogP contribution in [0, 0.1) is 0 Å². The summed E-state index contributed by atoms with van der Waals surface area (Å²) in [7, 11) is -3.12. The third-order valence-electron chi connectivity index (χ3n) is 1.98. The Morgan fingerprint density at radius 1 is 1.35 bits per heavy atom. The molecular weight excluding hydrogens is 343 g/mol. The molecular formula is C10H25O6PS3. The minimum absolute atomic E-state index is 0.485. The second-order valence-corrected chi connectivity index (χ2v) is 12.7. The maximum Gasteiger partial charge on any atom is 0.254 e. The molecule has 0 aliphatic rings. The Morgan fingerprint density at radius 2 is 1.85 bits per heavy atom. The van der Waals surface area contributed by atoms with Gasteiger partial charge in [-0.1, -0.05) is 18.3 Å². The van der Waals surface area contributed by atoms with Crippen molar-refractivity contribution in [2.45, 2.75) is 20.3 Å². The highest BCUT2D eigenvalue weighted by Gasteiger charge is 2.18. The van der Waals surface area contributed by atoms with E-state index in [9.17, 15) is 17.5 Å². The molecule has 20 heavy (non-hydrogen) atoms. The van der Waals surface area contributed by atoms with E-state index in [1.807, 2.05) is 6.92 Å². The summed E-state index contributed by atoms with van der Waals surface area (Å²) >= 11 is 1.50. The predicted octanol–water partition coefficient (Wildman–Crippen LogP) is 2.33. The van der Waals surface area contributed by atoms with Gasteiger partial charge in [0.1, 0.15) is 11.5 Å². The van der Waals surface area contributed by atoms with E-state index in [1.54, 1.807) is 6.66 Å². The molecule has 10 heteroatoms. The zero-order valence-electron chi connectivity index (χ0n) is 12.7. The Hall–Kier alpha value is 0.760. The van der Waals surface area contributed by atoms with Crippen LogP contribution in [0.25, 0.3) is 0 Å². The normalized spacial score (nSPS) is 15.9. The first-order valence-corrected chi connectivity index (χ1v) is 13.0. The third kappa shape index (κ3) is 18.8. The fraction of sp³-hybridized carbons (Fsp3) is 1.00. The summed E-state index contributed by atoms with van der Waals surface area (Å²) in [5.41, 5.74) is 0. The Labute approximate surface area is 129 Å². The highest BCUT2D eigenvalue weighted by Crippen LogP contribution is 2.56. The molecule has 0 saturated carbocycles. The lowest BCUT2D eigenvalue weighted by Gasteiger charge is -2.11. The molecule has 6 nitrogen and oxygen atoms in total. The number of rotatable bonds is 9. The lowest BCUT2D eigenvalue weighted by Crippen LogP contribution is -2.09. The van der Waals surface area contributed by atoms with Gasteiger partial charge in [-0.05, 0) is 24.2 Å². The van der Waals surface area contributed by atoms with Crippen molar-refractivity contribution in [2.75, 3.05) is 43.9 Å². The van der Waals surface area contributed by atoms with Gasteiger partial charge in [-0.3, -0.25) is 8.75 Å². The van der Waals surface area contributed by atoms with Crippen LogP contribution in [-0.2, 0) is 34.6 Å². The van der Waals surface area contributed by atoms with Gasteiger partial charge in [0.05, 0.1) is 20.0 Å². The lowest BCUT2D eigenvalue weighted by atomic mass is 10.5. The van der Waals surface area contributed by atoms with Gasteiger partial charge in [0, 0.05) is 12.4 Å². The smallest absolute Gasteiger partial charge is 0.254 e. The quantitative estimate of drug-likeness (QED) is 0.267. The molecule has 0 aromatic rings. The summed E-state index contributed by atoms with van der Waals surface area (Å²) in [4.78, 5) is 0. The van der Waals surface area contributed by atoms with E-state index in [0.29, 0.717) is 17.5 Å². The summed E-state index contributed by atoms with van der Waals surface area (Å²) in [6.45, 7) is 4.23. The van der Waals surface area contributed by atoms with Crippen LogP contribution in [0.3, 0.4) is 0 Å². The fourth-order valence-corrected chi connectivity index (χ4v) is 5.54. The molecule has 0 rings (SSSR count). The highest BCUT2D eigenvalue weighted by molar-refractivity contribution is 8.56. The maximum absolute atomic E-state index is 11.8. The second-order valence-electron chi connectivity index (χ2n) is 3.79. The molecule has 0 bridgehead atoms. The minimum Gasteiger partial charge on any atom is -0.726 e. The van der Waals surface area contributed by atoms with E-state index in [2.05, 4.69) is 17.4 Å². The van der Waals surface area contributed by atoms with Crippen molar-refractivity contribution in [3.8, 4) is 0 Å². The predicted molar refractivity (Wildman–Crippen MR) is 87.6 cm³/mol. The molecule has 0 aliphatic heterocycles. The Kier molecular flexibility index (Phi) is 14.2. The Bertz CT molecular complexity index is 373. The second kappa shape index (κ2) is 12.3. The molecule has 0 radical (unpaired) electrons.